The van der Waals surface area contributed by atoms with Crippen LogP contribution >= 0.6 is 15.9 Å². The van der Waals surface area contributed by atoms with E-state index in [-0.39, 0.29) is 11.7 Å². The lowest BCUT2D eigenvalue weighted by molar-refractivity contribution is 0.102. The fourth-order valence-corrected chi connectivity index (χ4v) is 1.78. The van der Waals surface area contributed by atoms with Crippen molar-refractivity contribution in [3.63, 3.8) is 0 Å². The van der Waals surface area contributed by atoms with Gasteiger partial charge in [0.1, 0.15) is 11.5 Å². The second kappa shape index (κ2) is 5.75. The predicted molar refractivity (Wildman–Crippen MR) is 76.8 cm³/mol. The second-order valence-corrected chi connectivity index (χ2v) is 4.70. The van der Waals surface area contributed by atoms with Gasteiger partial charge in [-0.05, 0) is 52.3 Å². The van der Waals surface area contributed by atoms with Gasteiger partial charge in [0.05, 0.1) is 11.6 Å². The number of rotatable bonds is 3. The first-order chi connectivity index (χ1) is 9.10. The SMILES string of the molecule is COc1ccc(C(=O)Nc2ccc(Br)c(O)c2)cc1. The van der Waals surface area contributed by atoms with E-state index < -0.39 is 0 Å². The van der Waals surface area contributed by atoms with Crippen LogP contribution in [-0.2, 0) is 0 Å². The van der Waals surface area contributed by atoms with E-state index in [4.69, 9.17) is 4.74 Å². The summed E-state index contributed by atoms with van der Waals surface area (Å²) in [5.74, 6) is 0.523. The summed E-state index contributed by atoms with van der Waals surface area (Å²) in [6.45, 7) is 0. The quantitative estimate of drug-likeness (QED) is 0.910. The van der Waals surface area contributed by atoms with Gasteiger partial charge in [0, 0.05) is 17.3 Å². The molecular formula is C14H12BrNO3. The van der Waals surface area contributed by atoms with E-state index in [0.717, 1.165) is 0 Å². The number of benzene rings is 2. The van der Waals surface area contributed by atoms with E-state index in [2.05, 4.69) is 21.2 Å². The third-order valence-electron chi connectivity index (χ3n) is 2.56. The Morgan fingerprint density at radius 3 is 2.47 bits per heavy atom. The minimum Gasteiger partial charge on any atom is -0.507 e. The van der Waals surface area contributed by atoms with Gasteiger partial charge >= 0.3 is 0 Å². The number of methoxy groups -OCH3 is 1. The van der Waals surface area contributed by atoms with Crippen molar-refractivity contribution in [3.8, 4) is 11.5 Å². The minimum atomic E-state index is -0.246. The maximum Gasteiger partial charge on any atom is 0.255 e. The Hall–Kier alpha value is -2.01. The van der Waals surface area contributed by atoms with Gasteiger partial charge in [-0.3, -0.25) is 4.79 Å². The van der Waals surface area contributed by atoms with Crippen LogP contribution in [0.25, 0.3) is 0 Å². The summed E-state index contributed by atoms with van der Waals surface area (Å²) in [6.07, 6.45) is 0. The number of anilines is 1. The summed E-state index contributed by atoms with van der Waals surface area (Å²) >= 11 is 3.18. The molecule has 4 nitrogen and oxygen atoms in total. The largest absolute Gasteiger partial charge is 0.507 e. The Morgan fingerprint density at radius 2 is 1.89 bits per heavy atom. The number of amides is 1. The molecule has 0 spiro atoms. The maximum atomic E-state index is 12.0. The van der Waals surface area contributed by atoms with Gasteiger partial charge < -0.3 is 15.2 Å². The van der Waals surface area contributed by atoms with Crippen LogP contribution in [0.1, 0.15) is 10.4 Å². The molecule has 0 aliphatic carbocycles. The molecule has 0 saturated carbocycles. The molecule has 0 unspecified atom stereocenters. The molecule has 2 rings (SSSR count). The highest BCUT2D eigenvalue weighted by Crippen LogP contribution is 2.26. The van der Waals surface area contributed by atoms with Gasteiger partial charge in [-0.1, -0.05) is 0 Å². The molecule has 98 valence electrons. The first-order valence-electron chi connectivity index (χ1n) is 5.54. The summed E-state index contributed by atoms with van der Waals surface area (Å²) < 4.78 is 5.60. The number of phenolic OH excluding ortho intramolecular Hbond substituents is 1. The molecular weight excluding hydrogens is 310 g/mol. The average molecular weight is 322 g/mol. The zero-order chi connectivity index (χ0) is 13.8. The predicted octanol–water partition coefficient (Wildman–Crippen LogP) is 3.42. The van der Waals surface area contributed by atoms with Crippen LogP contribution in [-0.4, -0.2) is 18.1 Å². The molecule has 0 radical (unpaired) electrons. The second-order valence-electron chi connectivity index (χ2n) is 3.85. The zero-order valence-corrected chi connectivity index (χ0v) is 11.8. The van der Waals surface area contributed by atoms with Crippen molar-refractivity contribution in [2.45, 2.75) is 0 Å². The van der Waals surface area contributed by atoms with Crippen molar-refractivity contribution in [1.82, 2.24) is 0 Å². The molecule has 0 aromatic heterocycles. The molecule has 2 aromatic rings. The molecule has 0 aliphatic heterocycles. The van der Waals surface area contributed by atoms with Crippen molar-refractivity contribution in [3.05, 3.63) is 52.5 Å². The topological polar surface area (TPSA) is 58.6 Å². The number of hydrogen-bond donors (Lipinski definition) is 2. The Labute approximate surface area is 119 Å². The Balaban J connectivity index is 2.13. The van der Waals surface area contributed by atoms with Crippen LogP contribution in [0.4, 0.5) is 5.69 Å². The number of carbonyl (C=O) groups is 1. The van der Waals surface area contributed by atoms with Gasteiger partial charge in [-0.25, -0.2) is 0 Å². The van der Waals surface area contributed by atoms with Crippen LogP contribution in [0.2, 0.25) is 0 Å². The van der Waals surface area contributed by atoms with Gasteiger partial charge in [-0.2, -0.15) is 0 Å². The van der Waals surface area contributed by atoms with E-state index in [1.807, 2.05) is 0 Å². The van der Waals surface area contributed by atoms with Crippen LogP contribution in [0.5, 0.6) is 11.5 Å². The number of ether oxygens (including phenoxy) is 1. The number of carbonyl (C=O) groups excluding carboxylic acids is 1. The lowest BCUT2D eigenvalue weighted by Crippen LogP contribution is -2.11. The standard InChI is InChI=1S/C14H12BrNO3/c1-19-11-5-2-9(3-6-11)14(18)16-10-4-7-12(15)13(17)8-10/h2-8,17H,1H3,(H,16,18). The smallest absolute Gasteiger partial charge is 0.255 e. The number of nitrogens with one attached hydrogen (secondary N) is 1. The van der Waals surface area contributed by atoms with Crippen molar-refractivity contribution < 1.29 is 14.6 Å². The molecule has 0 aliphatic rings. The molecule has 0 bridgehead atoms. The summed E-state index contributed by atoms with van der Waals surface area (Å²) in [5, 5.41) is 12.2. The number of phenols is 1. The Kier molecular flexibility index (Phi) is 4.06. The average Bonchev–Trinajstić information content (AvgIpc) is 2.43. The van der Waals surface area contributed by atoms with Crippen LogP contribution in [0.3, 0.4) is 0 Å². The lowest BCUT2D eigenvalue weighted by atomic mass is 10.2. The number of halogens is 1. The summed E-state index contributed by atoms with van der Waals surface area (Å²) in [5.41, 5.74) is 1.05. The van der Waals surface area contributed by atoms with Gasteiger partial charge in [0.2, 0.25) is 0 Å². The normalized spacial score (nSPS) is 10.0. The van der Waals surface area contributed by atoms with Gasteiger partial charge in [0.15, 0.2) is 0 Å². The highest BCUT2D eigenvalue weighted by Gasteiger charge is 2.07. The molecule has 19 heavy (non-hydrogen) atoms. The molecule has 5 heteroatoms. The maximum absolute atomic E-state index is 12.0. The molecule has 1 amide bonds. The van der Waals surface area contributed by atoms with Crippen LogP contribution in [0, 0.1) is 0 Å². The third-order valence-corrected chi connectivity index (χ3v) is 3.23. The fraction of sp³-hybridized carbons (Fsp3) is 0.0714. The molecule has 0 fully saturated rings. The molecule has 0 heterocycles. The van der Waals surface area contributed by atoms with E-state index in [9.17, 15) is 9.90 Å². The first-order valence-corrected chi connectivity index (χ1v) is 6.33. The van der Waals surface area contributed by atoms with E-state index in [1.54, 1.807) is 43.5 Å². The number of hydrogen-bond acceptors (Lipinski definition) is 3. The molecule has 0 saturated heterocycles. The van der Waals surface area contributed by atoms with Crippen LogP contribution < -0.4 is 10.1 Å². The monoisotopic (exact) mass is 321 g/mol. The summed E-state index contributed by atoms with van der Waals surface area (Å²) in [4.78, 5) is 12.0. The Bertz CT molecular complexity index is 596. The minimum absolute atomic E-state index is 0.0764. The van der Waals surface area contributed by atoms with Gasteiger partial charge in [-0.15, -0.1) is 0 Å². The van der Waals surface area contributed by atoms with E-state index in [0.29, 0.717) is 21.5 Å². The third kappa shape index (κ3) is 3.26. The summed E-state index contributed by atoms with van der Waals surface area (Å²) in [7, 11) is 1.57. The van der Waals surface area contributed by atoms with Crippen molar-refractivity contribution >= 4 is 27.5 Å². The Morgan fingerprint density at radius 1 is 1.21 bits per heavy atom. The lowest BCUT2D eigenvalue weighted by Gasteiger charge is -2.07. The zero-order valence-electron chi connectivity index (χ0n) is 10.2. The van der Waals surface area contributed by atoms with E-state index in [1.165, 1.54) is 6.07 Å². The van der Waals surface area contributed by atoms with Crippen molar-refractivity contribution in [2.75, 3.05) is 12.4 Å². The first kappa shape index (κ1) is 13.4. The highest BCUT2D eigenvalue weighted by molar-refractivity contribution is 9.10. The molecule has 0 atom stereocenters. The van der Waals surface area contributed by atoms with E-state index >= 15 is 0 Å². The molecule has 2 N–H and O–H groups in total. The number of aromatic hydroxyl groups is 1. The fourth-order valence-electron chi connectivity index (χ4n) is 1.54. The van der Waals surface area contributed by atoms with Crippen LogP contribution in [0.15, 0.2) is 46.9 Å². The van der Waals surface area contributed by atoms with Gasteiger partial charge in [0.25, 0.3) is 5.91 Å². The van der Waals surface area contributed by atoms with Crippen molar-refractivity contribution in [1.29, 1.82) is 0 Å². The highest BCUT2D eigenvalue weighted by atomic mass is 79.9. The van der Waals surface area contributed by atoms with Crippen molar-refractivity contribution in [2.24, 2.45) is 0 Å². The molecule has 2 aromatic carbocycles. The summed E-state index contributed by atoms with van der Waals surface area (Å²) in [6, 6.07) is 11.6.